The van der Waals surface area contributed by atoms with Crippen molar-refractivity contribution in [3.05, 3.63) is 60.2 Å². The maximum Gasteiger partial charge on any atom is 0.0587 e. The van der Waals surface area contributed by atoms with Gasteiger partial charge in [-0.25, -0.2) is 0 Å². The monoisotopic (exact) mass is 283 g/mol. The molecular weight excluding hydrogens is 258 g/mol. The van der Waals surface area contributed by atoms with Crippen molar-refractivity contribution in [1.29, 1.82) is 0 Å². The minimum absolute atomic E-state index is 0.133. The van der Waals surface area contributed by atoms with Gasteiger partial charge in [0.05, 0.1) is 6.61 Å². The summed E-state index contributed by atoms with van der Waals surface area (Å²) in [5, 5.41) is 12.9. The number of benzene rings is 2. The van der Waals surface area contributed by atoms with Gasteiger partial charge >= 0.3 is 0 Å². The molecule has 2 aromatic rings. The molecule has 21 heavy (non-hydrogen) atoms. The van der Waals surface area contributed by atoms with E-state index in [1.54, 1.807) is 0 Å². The Morgan fingerprint density at radius 2 is 1.43 bits per heavy atom. The van der Waals surface area contributed by atoms with Crippen LogP contribution in [0, 0.1) is 5.92 Å². The van der Waals surface area contributed by atoms with Crippen LogP contribution in [0.2, 0.25) is 0 Å². The predicted molar refractivity (Wildman–Crippen MR) is 89.1 cm³/mol. The summed E-state index contributed by atoms with van der Waals surface area (Å²) in [7, 11) is 0. The molecule has 0 saturated carbocycles. The predicted octanol–water partition coefficient (Wildman–Crippen LogP) is 4.02. The van der Waals surface area contributed by atoms with Gasteiger partial charge in [-0.3, -0.25) is 0 Å². The molecule has 1 unspecified atom stereocenters. The third-order valence-corrected chi connectivity index (χ3v) is 3.98. The third-order valence-electron chi connectivity index (χ3n) is 3.98. The molecule has 2 rings (SSSR count). The van der Waals surface area contributed by atoms with Crippen molar-refractivity contribution in [1.82, 2.24) is 5.32 Å². The van der Waals surface area contributed by atoms with Crippen molar-refractivity contribution in [3.8, 4) is 11.1 Å². The van der Waals surface area contributed by atoms with Gasteiger partial charge in [0.15, 0.2) is 0 Å². The Morgan fingerprint density at radius 3 is 1.95 bits per heavy atom. The Labute approximate surface area is 127 Å². The van der Waals surface area contributed by atoms with Crippen LogP contribution < -0.4 is 5.32 Å². The lowest BCUT2D eigenvalue weighted by molar-refractivity contribution is 0.201. The molecule has 2 atom stereocenters. The van der Waals surface area contributed by atoms with Crippen LogP contribution in [0.15, 0.2) is 54.6 Å². The van der Waals surface area contributed by atoms with E-state index < -0.39 is 0 Å². The fourth-order valence-corrected chi connectivity index (χ4v) is 2.47. The summed E-state index contributed by atoms with van der Waals surface area (Å²) < 4.78 is 0. The van der Waals surface area contributed by atoms with Crippen molar-refractivity contribution in [2.75, 3.05) is 6.61 Å². The second kappa shape index (κ2) is 7.39. The van der Waals surface area contributed by atoms with Crippen molar-refractivity contribution in [2.45, 2.75) is 32.9 Å². The lowest BCUT2D eigenvalue weighted by atomic mass is 9.99. The van der Waals surface area contributed by atoms with Crippen LogP contribution in [0.3, 0.4) is 0 Å². The molecule has 2 aromatic carbocycles. The number of aliphatic hydroxyl groups excluding tert-OH is 1. The van der Waals surface area contributed by atoms with Gasteiger partial charge in [0.1, 0.15) is 0 Å². The van der Waals surface area contributed by atoms with E-state index >= 15 is 0 Å². The van der Waals surface area contributed by atoms with Crippen LogP contribution in [0.5, 0.6) is 0 Å². The molecule has 2 heteroatoms. The average Bonchev–Trinajstić information content (AvgIpc) is 2.53. The zero-order chi connectivity index (χ0) is 15.2. The van der Waals surface area contributed by atoms with Gasteiger partial charge in [-0.05, 0) is 29.5 Å². The number of nitrogens with one attached hydrogen (secondary N) is 1. The number of hydrogen-bond donors (Lipinski definition) is 2. The van der Waals surface area contributed by atoms with Crippen molar-refractivity contribution in [2.24, 2.45) is 5.92 Å². The first-order chi connectivity index (χ1) is 10.1. The summed E-state index contributed by atoms with van der Waals surface area (Å²) >= 11 is 0. The molecule has 0 fully saturated rings. The highest BCUT2D eigenvalue weighted by atomic mass is 16.3. The number of hydrogen-bond acceptors (Lipinski definition) is 2. The quantitative estimate of drug-likeness (QED) is 0.839. The van der Waals surface area contributed by atoms with Gasteiger partial charge in [-0.15, -0.1) is 0 Å². The lowest BCUT2D eigenvalue weighted by Crippen LogP contribution is -2.38. The van der Waals surface area contributed by atoms with Crippen LogP contribution >= 0.6 is 0 Å². The van der Waals surface area contributed by atoms with Crippen molar-refractivity contribution >= 4 is 0 Å². The SMILES string of the molecule is CC(N[C@H](CO)C(C)C)c1ccc(-c2ccccc2)cc1. The molecule has 2 N–H and O–H groups in total. The standard InChI is InChI=1S/C19H25NO/c1-14(2)19(13-21)20-15(3)16-9-11-18(12-10-16)17-7-5-4-6-8-17/h4-12,14-15,19-21H,13H2,1-3H3/t15?,19-/m1/s1. The van der Waals surface area contributed by atoms with E-state index in [1.807, 2.05) is 6.07 Å². The average molecular weight is 283 g/mol. The minimum atomic E-state index is 0.133. The summed E-state index contributed by atoms with van der Waals surface area (Å²) in [6.07, 6.45) is 0. The minimum Gasteiger partial charge on any atom is -0.395 e. The van der Waals surface area contributed by atoms with Gasteiger partial charge in [-0.2, -0.15) is 0 Å². The Hall–Kier alpha value is -1.64. The second-order valence-electron chi connectivity index (χ2n) is 5.91. The van der Waals surface area contributed by atoms with Gasteiger partial charge < -0.3 is 10.4 Å². The van der Waals surface area contributed by atoms with E-state index in [1.165, 1.54) is 16.7 Å². The Kier molecular flexibility index (Phi) is 5.54. The van der Waals surface area contributed by atoms with E-state index in [4.69, 9.17) is 0 Å². The summed E-state index contributed by atoms with van der Waals surface area (Å²) in [5.41, 5.74) is 3.71. The van der Waals surface area contributed by atoms with E-state index in [0.29, 0.717) is 5.92 Å². The fourth-order valence-electron chi connectivity index (χ4n) is 2.47. The molecule has 2 nitrogen and oxygen atoms in total. The highest BCUT2D eigenvalue weighted by molar-refractivity contribution is 5.63. The summed E-state index contributed by atoms with van der Waals surface area (Å²) in [5.74, 6) is 0.418. The van der Waals surface area contributed by atoms with E-state index in [2.05, 4.69) is 74.6 Å². The molecule has 0 aliphatic heterocycles. The zero-order valence-electron chi connectivity index (χ0n) is 13.1. The fraction of sp³-hybridized carbons (Fsp3) is 0.368. The largest absolute Gasteiger partial charge is 0.395 e. The van der Waals surface area contributed by atoms with Crippen LogP contribution in [-0.2, 0) is 0 Å². The molecule has 112 valence electrons. The Morgan fingerprint density at radius 1 is 0.857 bits per heavy atom. The van der Waals surface area contributed by atoms with E-state index in [-0.39, 0.29) is 18.7 Å². The molecule has 0 spiro atoms. The van der Waals surface area contributed by atoms with E-state index in [0.717, 1.165) is 0 Å². The first kappa shape index (κ1) is 15.7. The molecule has 0 heterocycles. The van der Waals surface area contributed by atoms with Crippen LogP contribution in [0.25, 0.3) is 11.1 Å². The van der Waals surface area contributed by atoms with Gasteiger partial charge in [0, 0.05) is 12.1 Å². The topological polar surface area (TPSA) is 32.3 Å². The second-order valence-corrected chi connectivity index (χ2v) is 5.91. The maximum atomic E-state index is 9.42. The molecule has 0 bridgehead atoms. The zero-order valence-corrected chi connectivity index (χ0v) is 13.1. The van der Waals surface area contributed by atoms with Crippen LogP contribution in [-0.4, -0.2) is 17.8 Å². The molecule has 0 aromatic heterocycles. The Balaban J connectivity index is 2.08. The lowest BCUT2D eigenvalue weighted by Gasteiger charge is -2.25. The summed E-state index contributed by atoms with van der Waals surface area (Å²) in [4.78, 5) is 0. The summed E-state index contributed by atoms with van der Waals surface area (Å²) in [6, 6.07) is 19.4. The van der Waals surface area contributed by atoms with Crippen LogP contribution in [0.1, 0.15) is 32.4 Å². The number of aliphatic hydroxyl groups is 1. The molecule has 0 amide bonds. The van der Waals surface area contributed by atoms with Crippen LogP contribution in [0.4, 0.5) is 0 Å². The molecular formula is C19H25NO. The third kappa shape index (κ3) is 4.16. The Bertz CT molecular complexity index is 533. The maximum absolute atomic E-state index is 9.42. The summed E-state index contributed by atoms with van der Waals surface area (Å²) in [6.45, 7) is 6.56. The highest BCUT2D eigenvalue weighted by Crippen LogP contribution is 2.22. The molecule has 0 saturated heterocycles. The van der Waals surface area contributed by atoms with Crippen molar-refractivity contribution in [3.63, 3.8) is 0 Å². The number of rotatable bonds is 6. The first-order valence-electron chi connectivity index (χ1n) is 7.64. The molecule has 0 aliphatic carbocycles. The highest BCUT2D eigenvalue weighted by Gasteiger charge is 2.15. The smallest absolute Gasteiger partial charge is 0.0587 e. The van der Waals surface area contributed by atoms with Gasteiger partial charge in [0.2, 0.25) is 0 Å². The van der Waals surface area contributed by atoms with Gasteiger partial charge in [0.25, 0.3) is 0 Å². The molecule has 0 radical (unpaired) electrons. The van der Waals surface area contributed by atoms with Crippen molar-refractivity contribution < 1.29 is 5.11 Å². The first-order valence-corrected chi connectivity index (χ1v) is 7.64. The van der Waals surface area contributed by atoms with E-state index in [9.17, 15) is 5.11 Å². The van der Waals surface area contributed by atoms with Gasteiger partial charge in [-0.1, -0.05) is 68.4 Å². The molecule has 0 aliphatic rings. The normalized spacial score (nSPS) is 14.1.